The molecule has 0 spiro atoms. The fourth-order valence-electron chi connectivity index (χ4n) is 3.10. The van der Waals surface area contributed by atoms with E-state index in [0.717, 1.165) is 60.0 Å². The SMILES string of the molecule is C.C.CCCCc1nc2c(N)nc3ccccc3c2n1CCCC(=N)N.CSC(=N)N.O=S(=O)(O)O.O=S(=O)(O)O. The predicted molar refractivity (Wildman–Crippen MR) is 166 cm³/mol. The zero-order valence-electron chi connectivity index (χ0n) is 21.3. The monoisotopic (exact) mass is 642 g/mol. The minimum atomic E-state index is -4.67. The lowest BCUT2D eigenvalue weighted by atomic mass is 10.1. The summed E-state index contributed by atoms with van der Waals surface area (Å²) in [6, 6.07) is 8.02. The number of nitrogens with one attached hydrogen (secondary N) is 2. The van der Waals surface area contributed by atoms with Crippen molar-refractivity contribution in [3.05, 3.63) is 30.1 Å². The van der Waals surface area contributed by atoms with Gasteiger partial charge in [0.15, 0.2) is 11.0 Å². The number of pyridine rings is 1. The Bertz CT molecular complexity index is 1420. The van der Waals surface area contributed by atoms with E-state index in [1.807, 2.05) is 18.2 Å². The molecule has 0 saturated carbocycles. The summed E-state index contributed by atoms with van der Waals surface area (Å²) in [4.78, 5) is 9.28. The highest BCUT2D eigenvalue weighted by atomic mass is 32.3. The Balaban J connectivity index is -0.000000708. The Labute approximate surface area is 245 Å². The van der Waals surface area contributed by atoms with Crippen LogP contribution in [0, 0.1) is 10.8 Å². The van der Waals surface area contributed by atoms with Gasteiger partial charge in [0.25, 0.3) is 0 Å². The predicted octanol–water partition coefficient (Wildman–Crippen LogP) is 3.43. The van der Waals surface area contributed by atoms with Crippen molar-refractivity contribution in [1.29, 1.82) is 10.8 Å². The molecule has 1 aromatic carbocycles. The van der Waals surface area contributed by atoms with E-state index in [1.165, 1.54) is 11.8 Å². The molecule has 2 aromatic heterocycles. The van der Waals surface area contributed by atoms with Gasteiger partial charge in [0.1, 0.15) is 11.3 Å². The number of aryl methyl sites for hydroxylation is 2. The van der Waals surface area contributed by atoms with Gasteiger partial charge in [-0.15, -0.1) is 0 Å². The minimum absolute atomic E-state index is 0. The summed E-state index contributed by atoms with van der Waals surface area (Å²) in [6.45, 7) is 2.95. The Hall–Kier alpha value is -3.07. The fraction of sp³-hybridized carbons (Fsp3) is 0.455. The minimum Gasteiger partial charge on any atom is -0.388 e. The summed E-state index contributed by atoms with van der Waals surface area (Å²) >= 11 is 1.24. The van der Waals surface area contributed by atoms with Gasteiger partial charge in [-0.1, -0.05) is 58.2 Å². The Kier molecular flexibility index (Phi) is 20.6. The Morgan fingerprint density at radius 2 is 1.46 bits per heavy atom. The van der Waals surface area contributed by atoms with Gasteiger partial charge in [-0.05, 0) is 25.2 Å². The van der Waals surface area contributed by atoms with Gasteiger partial charge in [-0.3, -0.25) is 29.0 Å². The van der Waals surface area contributed by atoms with Gasteiger partial charge in [0.2, 0.25) is 0 Å². The normalized spacial score (nSPS) is 10.4. The third-order valence-electron chi connectivity index (χ3n) is 4.49. The van der Waals surface area contributed by atoms with E-state index in [4.69, 9.17) is 68.1 Å². The summed E-state index contributed by atoms with van der Waals surface area (Å²) in [5, 5.41) is 15.2. The van der Waals surface area contributed by atoms with Crippen LogP contribution in [0.5, 0.6) is 0 Å². The van der Waals surface area contributed by atoms with Crippen LogP contribution in [0.1, 0.15) is 53.3 Å². The van der Waals surface area contributed by atoms with E-state index in [-0.39, 0.29) is 25.9 Å². The number of fused-ring (bicyclic) bond motifs is 3. The van der Waals surface area contributed by atoms with E-state index >= 15 is 0 Å². The lowest BCUT2D eigenvalue weighted by Gasteiger charge is -2.10. The number of para-hydroxylation sites is 1. The number of aromatic nitrogens is 3. The summed E-state index contributed by atoms with van der Waals surface area (Å²) in [6.07, 6.45) is 6.29. The number of unbranched alkanes of at least 4 members (excludes halogenated alkanes) is 1. The van der Waals surface area contributed by atoms with Crippen LogP contribution in [-0.2, 0) is 33.8 Å². The lowest BCUT2D eigenvalue weighted by Crippen LogP contribution is -2.12. The van der Waals surface area contributed by atoms with Crippen molar-refractivity contribution in [2.24, 2.45) is 11.5 Å². The maximum Gasteiger partial charge on any atom is 0.394 e. The lowest BCUT2D eigenvalue weighted by molar-refractivity contribution is 0.378. The van der Waals surface area contributed by atoms with Crippen LogP contribution in [0.4, 0.5) is 5.82 Å². The van der Waals surface area contributed by atoms with Crippen molar-refractivity contribution in [2.75, 3.05) is 12.0 Å². The number of imidazole rings is 1. The highest BCUT2D eigenvalue weighted by Gasteiger charge is 2.16. The number of hydrogen-bond acceptors (Lipinski definition) is 10. The molecule has 236 valence electrons. The topological polar surface area (TPSA) is 306 Å². The van der Waals surface area contributed by atoms with Gasteiger partial charge < -0.3 is 21.8 Å². The molecule has 16 nitrogen and oxygen atoms in total. The quantitative estimate of drug-likeness (QED) is 0.101. The molecule has 0 bridgehead atoms. The van der Waals surface area contributed by atoms with E-state index in [9.17, 15) is 0 Å². The van der Waals surface area contributed by atoms with Crippen LogP contribution in [0.15, 0.2) is 24.3 Å². The van der Waals surface area contributed by atoms with Gasteiger partial charge in [-0.2, -0.15) is 16.8 Å². The largest absolute Gasteiger partial charge is 0.394 e. The van der Waals surface area contributed by atoms with Gasteiger partial charge in [-0.25, -0.2) is 9.97 Å². The highest BCUT2D eigenvalue weighted by Crippen LogP contribution is 2.29. The second-order valence-corrected chi connectivity index (χ2v) is 10.2. The molecule has 3 aromatic rings. The molecular formula is C22H42N8O8S3. The summed E-state index contributed by atoms with van der Waals surface area (Å²) in [7, 11) is -9.33. The van der Waals surface area contributed by atoms with Gasteiger partial charge in [0, 0.05) is 24.8 Å². The first-order valence-corrected chi connectivity index (χ1v) is 15.0. The zero-order chi connectivity index (χ0) is 30.4. The van der Waals surface area contributed by atoms with E-state index < -0.39 is 20.8 Å². The summed E-state index contributed by atoms with van der Waals surface area (Å²) in [5.74, 6) is 1.74. The standard InChI is InChI=1S/C18H24N6.C2H6N2S.2CH4.2H2O4S/c1-2-3-10-15-23-16-17(24(15)11-6-9-14(19)20)12-7-4-5-8-13(12)22-18(16)21;1-5-2(3)4;;;2*1-5(2,3)4/h4-5,7-8H,2-3,6,9-11H2,1H3,(H3,19,20)(H2,21,22);1H3,(H3,3,4);2*1H4;2*(H2,1,2,3,4). The molecule has 0 saturated heterocycles. The third-order valence-corrected chi connectivity index (χ3v) is 4.93. The van der Waals surface area contributed by atoms with Crippen molar-refractivity contribution in [3.63, 3.8) is 0 Å². The molecule has 0 aliphatic carbocycles. The average molecular weight is 643 g/mol. The average Bonchev–Trinajstić information content (AvgIpc) is 3.15. The van der Waals surface area contributed by atoms with Crippen molar-refractivity contribution in [2.45, 2.75) is 60.4 Å². The maximum atomic E-state index is 8.74. The fourth-order valence-corrected chi connectivity index (χ4v) is 3.10. The van der Waals surface area contributed by atoms with Crippen molar-refractivity contribution in [1.82, 2.24) is 14.5 Å². The first kappa shape index (κ1) is 42.4. The second-order valence-electron chi connectivity index (χ2n) is 7.59. The van der Waals surface area contributed by atoms with Crippen LogP contribution >= 0.6 is 11.8 Å². The molecule has 41 heavy (non-hydrogen) atoms. The number of nitrogens with zero attached hydrogens (tertiary/aromatic N) is 3. The number of benzene rings is 1. The van der Waals surface area contributed by atoms with Crippen LogP contribution in [0.3, 0.4) is 0 Å². The number of rotatable bonds is 7. The van der Waals surface area contributed by atoms with Crippen LogP contribution in [-0.4, -0.2) is 66.8 Å². The van der Waals surface area contributed by atoms with Crippen molar-refractivity contribution in [3.8, 4) is 0 Å². The number of nitrogen functional groups attached to an aromatic ring is 1. The van der Waals surface area contributed by atoms with Crippen LogP contribution < -0.4 is 17.2 Å². The van der Waals surface area contributed by atoms with Crippen LogP contribution in [0.25, 0.3) is 21.9 Å². The molecule has 3 rings (SSSR count). The Morgan fingerprint density at radius 1 is 0.976 bits per heavy atom. The smallest absolute Gasteiger partial charge is 0.388 e. The summed E-state index contributed by atoms with van der Waals surface area (Å²) < 4.78 is 65.4. The number of anilines is 1. The molecular weight excluding hydrogens is 600 g/mol. The molecule has 12 N–H and O–H groups in total. The Morgan fingerprint density at radius 3 is 1.90 bits per heavy atom. The molecule has 0 aliphatic heterocycles. The van der Waals surface area contributed by atoms with Gasteiger partial charge >= 0.3 is 20.8 Å². The molecule has 2 heterocycles. The number of nitrogens with two attached hydrogens (primary N) is 3. The maximum absolute atomic E-state index is 8.74. The molecule has 0 amide bonds. The third kappa shape index (κ3) is 19.6. The van der Waals surface area contributed by atoms with E-state index in [0.29, 0.717) is 12.2 Å². The molecule has 0 atom stereocenters. The number of hydrogen-bond donors (Lipinski definition) is 9. The van der Waals surface area contributed by atoms with Crippen LogP contribution in [0.2, 0.25) is 0 Å². The number of amidine groups is 2. The van der Waals surface area contributed by atoms with E-state index in [2.05, 4.69) is 22.5 Å². The molecule has 19 heteroatoms. The van der Waals surface area contributed by atoms with Gasteiger partial charge in [0.05, 0.1) is 16.9 Å². The first-order valence-electron chi connectivity index (χ1n) is 11.0. The van der Waals surface area contributed by atoms with Crippen molar-refractivity contribution >= 4 is 71.3 Å². The summed E-state index contributed by atoms with van der Waals surface area (Å²) in [5.41, 5.74) is 19.2. The number of thioether (sulfide) groups is 1. The molecule has 0 unspecified atom stereocenters. The van der Waals surface area contributed by atoms with E-state index in [1.54, 1.807) is 6.26 Å². The molecule has 0 aliphatic rings. The van der Waals surface area contributed by atoms with Crippen molar-refractivity contribution < 1.29 is 35.0 Å². The molecule has 0 radical (unpaired) electrons. The first-order chi connectivity index (χ1) is 17.9. The molecule has 0 fully saturated rings. The highest BCUT2D eigenvalue weighted by molar-refractivity contribution is 8.13. The zero-order valence-corrected chi connectivity index (χ0v) is 23.7. The second kappa shape index (κ2) is 19.9.